The first-order valence-electron chi connectivity index (χ1n) is 6.10. The molecule has 0 unspecified atom stereocenters. The standard InChI is InChI=1S/C15H17NO2S/c1-11-4-3-5-12(8-11)9-16(2)10-13-6-7-14(19-13)15(17)18/h3-8H,9-10H2,1-2H3,(H,17,18). The van der Waals surface area contributed by atoms with Gasteiger partial charge in [-0.3, -0.25) is 4.90 Å². The molecule has 4 heteroatoms. The number of hydrogen-bond donors (Lipinski definition) is 1. The van der Waals surface area contributed by atoms with Crippen molar-refractivity contribution < 1.29 is 9.90 Å². The van der Waals surface area contributed by atoms with Gasteiger partial charge in [0.15, 0.2) is 0 Å². The van der Waals surface area contributed by atoms with Crippen molar-refractivity contribution in [2.75, 3.05) is 7.05 Å². The van der Waals surface area contributed by atoms with Crippen molar-refractivity contribution in [2.45, 2.75) is 20.0 Å². The Labute approximate surface area is 117 Å². The van der Waals surface area contributed by atoms with Crippen LogP contribution < -0.4 is 0 Å². The zero-order valence-electron chi connectivity index (χ0n) is 11.1. The molecule has 0 fully saturated rings. The van der Waals surface area contributed by atoms with Gasteiger partial charge in [-0.1, -0.05) is 29.8 Å². The summed E-state index contributed by atoms with van der Waals surface area (Å²) >= 11 is 1.34. The maximum atomic E-state index is 10.8. The molecule has 2 aromatic rings. The number of thiophene rings is 1. The normalized spacial score (nSPS) is 10.9. The average molecular weight is 275 g/mol. The molecule has 1 aromatic carbocycles. The van der Waals surface area contributed by atoms with Crippen LogP contribution in [0.25, 0.3) is 0 Å². The third-order valence-corrected chi connectivity index (χ3v) is 3.89. The van der Waals surface area contributed by atoms with Gasteiger partial charge in [-0.25, -0.2) is 4.79 Å². The highest BCUT2D eigenvalue weighted by molar-refractivity contribution is 7.13. The molecule has 0 saturated heterocycles. The van der Waals surface area contributed by atoms with E-state index in [4.69, 9.17) is 5.11 Å². The molecule has 19 heavy (non-hydrogen) atoms. The van der Waals surface area contributed by atoms with Gasteiger partial charge in [0.05, 0.1) is 0 Å². The van der Waals surface area contributed by atoms with Crippen LogP contribution in [0.1, 0.15) is 25.7 Å². The van der Waals surface area contributed by atoms with E-state index in [0.29, 0.717) is 4.88 Å². The minimum Gasteiger partial charge on any atom is -0.477 e. The number of carboxylic acid groups (broad SMARTS) is 1. The summed E-state index contributed by atoms with van der Waals surface area (Å²) in [5.41, 5.74) is 2.53. The van der Waals surface area contributed by atoms with Crippen LogP contribution in [0.5, 0.6) is 0 Å². The van der Waals surface area contributed by atoms with Crippen LogP contribution in [0, 0.1) is 6.92 Å². The molecule has 0 spiro atoms. The second-order valence-corrected chi connectivity index (χ2v) is 5.90. The van der Waals surface area contributed by atoms with E-state index in [1.807, 2.05) is 13.1 Å². The summed E-state index contributed by atoms with van der Waals surface area (Å²) < 4.78 is 0. The minimum atomic E-state index is -0.849. The lowest BCUT2D eigenvalue weighted by Gasteiger charge is -2.15. The first kappa shape index (κ1) is 13.8. The summed E-state index contributed by atoms with van der Waals surface area (Å²) in [6.45, 7) is 3.72. The third kappa shape index (κ3) is 3.91. The zero-order valence-corrected chi connectivity index (χ0v) is 11.9. The van der Waals surface area contributed by atoms with Crippen LogP contribution in [0.3, 0.4) is 0 Å². The number of aromatic carboxylic acids is 1. The number of hydrogen-bond acceptors (Lipinski definition) is 3. The van der Waals surface area contributed by atoms with Crippen molar-refractivity contribution in [3.8, 4) is 0 Å². The first-order valence-corrected chi connectivity index (χ1v) is 6.92. The van der Waals surface area contributed by atoms with Gasteiger partial charge in [-0.05, 0) is 31.7 Å². The first-order chi connectivity index (χ1) is 9.04. The van der Waals surface area contributed by atoms with Gasteiger partial charge in [0.1, 0.15) is 4.88 Å². The van der Waals surface area contributed by atoms with Gasteiger partial charge in [-0.2, -0.15) is 0 Å². The Bertz CT molecular complexity index is 577. The van der Waals surface area contributed by atoms with Crippen LogP contribution in [0.4, 0.5) is 0 Å². The van der Waals surface area contributed by atoms with E-state index in [1.54, 1.807) is 6.07 Å². The number of rotatable bonds is 5. The summed E-state index contributed by atoms with van der Waals surface area (Å²) in [5.74, 6) is -0.849. The highest BCUT2D eigenvalue weighted by atomic mass is 32.1. The van der Waals surface area contributed by atoms with Gasteiger partial charge in [0, 0.05) is 18.0 Å². The molecule has 1 aromatic heterocycles. The summed E-state index contributed by atoms with van der Waals surface area (Å²) in [7, 11) is 2.04. The van der Waals surface area contributed by atoms with Gasteiger partial charge in [0.25, 0.3) is 0 Å². The largest absolute Gasteiger partial charge is 0.477 e. The topological polar surface area (TPSA) is 40.5 Å². The van der Waals surface area contributed by atoms with E-state index >= 15 is 0 Å². The van der Waals surface area contributed by atoms with Crippen molar-refractivity contribution in [3.63, 3.8) is 0 Å². The molecule has 1 N–H and O–H groups in total. The van der Waals surface area contributed by atoms with Gasteiger partial charge in [0.2, 0.25) is 0 Å². The smallest absolute Gasteiger partial charge is 0.345 e. The Morgan fingerprint density at radius 1 is 1.26 bits per heavy atom. The lowest BCUT2D eigenvalue weighted by atomic mass is 10.1. The van der Waals surface area contributed by atoms with Crippen LogP contribution in [0.15, 0.2) is 36.4 Å². The van der Waals surface area contributed by atoms with Crippen molar-refractivity contribution in [2.24, 2.45) is 0 Å². The minimum absolute atomic E-state index is 0.402. The summed E-state index contributed by atoms with van der Waals surface area (Å²) in [5, 5.41) is 8.89. The number of carboxylic acids is 1. The molecule has 0 atom stereocenters. The van der Waals surface area contributed by atoms with Gasteiger partial charge in [-0.15, -0.1) is 11.3 Å². The molecule has 2 rings (SSSR count). The molecular weight excluding hydrogens is 258 g/mol. The van der Waals surface area contributed by atoms with E-state index < -0.39 is 5.97 Å². The monoisotopic (exact) mass is 275 g/mol. The summed E-state index contributed by atoms with van der Waals surface area (Å²) in [6, 6.07) is 12.0. The van der Waals surface area contributed by atoms with Crippen molar-refractivity contribution in [3.05, 3.63) is 57.3 Å². The maximum Gasteiger partial charge on any atom is 0.345 e. The Balaban J connectivity index is 1.97. The number of nitrogens with zero attached hydrogens (tertiary/aromatic N) is 1. The SMILES string of the molecule is Cc1cccc(CN(C)Cc2ccc(C(=O)O)s2)c1. The fourth-order valence-electron chi connectivity index (χ4n) is 2.02. The quantitative estimate of drug-likeness (QED) is 0.909. The highest BCUT2D eigenvalue weighted by Gasteiger charge is 2.09. The van der Waals surface area contributed by atoms with E-state index in [1.165, 1.54) is 22.5 Å². The van der Waals surface area contributed by atoms with Crippen molar-refractivity contribution >= 4 is 17.3 Å². The van der Waals surface area contributed by atoms with Crippen LogP contribution >= 0.6 is 11.3 Å². The third-order valence-electron chi connectivity index (χ3n) is 2.83. The second kappa shape index (κ2) is 5.99. The summed E-state index contributed by atoms with van der Waals surface area (Å²) in [6.07, 6.45) is 0. The Hall–Kier alpha value is -1.65. The number of carbonyl (C=O) groups is 1. The highest BCUT2D eigenvalue weighted by Crippen LogP contribution is 2.18. The second-order valence-electron chi connectivity index (χ2n) is 4.73. The van der Waals surface area contributed by atoms with Crippen LogP contribution in [-0.2, 0) is 13.1 Å². The lowest BCUT2D eigenvalue weighted by molar-refractivity contribution is 0.0702. The van der Waals surface area contributed by atoms with E-state index in [-0.39, 0.29) is 0 Å². The lowest BCUT2D eigenvalue weighted by Crippen LogP contribution is -2.16. The molecule has 0 amide bonds. The Kier molecular flexibility index (Phi) is 4.35. The Morgan fingerprint density at radius 3 is 2.68 bits per heavy atom. The van der Waals surface area contributed by atoms with E-state index in [2.05, 4.69) is 36.1 Å². The molecule has 1 heterocycles. The number of aryl methyl sites for hydroxylation is 1. The molecule has 0 aliphatic heterocycles. The molecule has 0 aliphatic carbocycles. The van der Waals surface area contributed by atoms with Crippen molar-refractivity contribution in [1.82, 2.24) is 4.90 Å². The maximum absolute atomic E-state index is 10.8. The molecule has 0 aliphatic rings. The van der Waals surface area contributed by atoms with Gasteiger partial charge < -0.3 is 5.11 Å². The zero-order chi connectivity index (χ0) is 13.8. The predicted octanol–water partition coefficient (Wildman–Crippen LogP) is 3.39. The van der Waals surface area contributed by atoms with E-state index in [9.17, 15) is 4.79 Å². The Morgan fingerprint density at radius 2 is 2.05 bits per heavy atom. The molecule has 0 bridgehead atoms. The van der Waals surface area contributed by atoms with Crippen LogP contribution in [0.2, 0.25) is 0 Å². The molecule has 100 valence electrons. The van der Waals surface area contributed by atoms with Crippen molar-refractivity contribution in [1.29, 1.82) is 0 Å². The average Bonchev–Trinajstić information content (AvgIpc) is 2.77. The fraction of sp³-hybridized carbons (Fsp3) is 0.267. The molecule has 0 radical (unpaired) electrons. The molecular formula is C15H17NO2S. The molecule has 3 nitrogen and oxygen atoms in total. The van der Waals surface area contributed by atoms with Crippen LogP contribution in [-0.4, -0.2) is 23.0 Å². The predicted molar refractivity (Wildman–Crippen MR) is 77.6 cm³/mol. The number of benzene rings is 1. The van der Waals surface area contributed by atoms with Gasteiger partial charge >= 0.3 is 5.97 Å². The summed E-state index contributed by atoms with van der Waals surface area (Å²) in [4.78, 5) is 14.5. The van der Waals surface area contributed by atoms with E-state index in [0.717, 1.165) is 18.0 Å². The molecule has 0 saturated carbocycles. The fourth-order valence-corrected chi connectivity index (χ4v) is 2.95.